The Morgan fingerprint density at radius 1 is 1.27 bits per heavy atom. The molecule has 0 radical (unpaired) electrons. The van der Waals surface area contributed by atoms with Crippen molar-refractivity contribution in [1.82, 2.24) is 24.7 Å². The second-order valence-corrected chi connectivity index (χ2v) is 6.41. The van der Waals surface area contributed by atoms with Gasteiger partial charge in [0.05, 0.1) is 6.61 Å². The van der Waals surface area contributed by atoms with Crippen molar-refractivity contribution in [3.05, 3.63) is 11.6 Å². The Hall–Kier alpha value is -1.47. The van der Waals surface area contributed by atoms with Gasteiger partial charge in [0.2, 0.25) is 0 Å². The summed E-state index contributed by atoms with van der Waals surface area (Å²) < 4.78 is 2.29. The van der Waals surface area contributed by atoms with E-state index in [1.54, 1.807) is 0 Å². The smallest absolute Gasteiger partial charge is 0.265 e. The molecule has 7 nitrogen and oxygen atoms in total. The maximum atomic E-state index is 12.3. The summed E-state index contributed by atoms with van der Waals surface area (Å²) >= 11 is 0. The highest BCUT2D eigenvalue weighted by molar-refractivity contribution is 5.82. The summed E-state index contributed by atoms with van der Waals surface area (Å²) in [5, 5.41) is 10.3. The van der Waals surface area contributed by atoms with E-state index in [4.69, 9.17) is 4.84 Å². The third-order valence-electron chi connectivity index (χ3n) is 5.10. The summed E-state index contributed by atoms with van der Waals surface area (Å²) in [6, 6.07) is -0.122. The number of amides is 1. The highest BCUT2D eigenvalue weighted by atomic mass is 16.7. The minimum absolute atomic E-state index is 0.106. The zero-order chi connectivity index (χ0) is 15.1. The minimum atomic E-state index is -0.122. The molecule has 0 unspecified atom stereocenters. The molecule has 0 bridgehead atoms. The Morgan fingerprint density at radius 2 is 2.18 bits per heavy atom. The molecule has 1 aromatic rings. The summed E-state index contributed by atoms with van der Waals surface area (Å²) in [5.41, 5.74) is 0. The molecular weight excluding hydrogens is 282 g/mol. The highest BCUT2D eigenvalue weighted by Crippen LogP contribution is 2.30. The van der Waals surface area contributed by atoms with Crippen molar-refractivity contribution in [3.8, 4) is 0 Å². The molecule has 4 heterocycles. The second kappa shape index (κ2) is 5.62. The van der Waals surface area contributed by atoms with Crippen LogP contribution in [0.4, 0.5) is 0 Å². The van der Waals surface area contributed by atoms with E-state index in [1.807, 2.05) is 6.92 Å². The molecule has 4 rings (SSSR count). The van der Waals surface area contributed by atoms with Crippen molar-refractivity contribution < 1.29 is 9.63 Å². The van der Waals surface area contributed by atoms with Crippen LogP contribution in [0.3, 0.4) is 0 Å². The van der Waals surface area contributed by atoms with Crippen LogP contribution in [0.25, 0.3) is 0 Å². The van der Waals surface area contributed by atoms with Crippen molar-refractivity contribution in [2.45, 2.75) is 51.1 Å². The third-order valence-corrected chi connectivity index (χ3v) is 5.10. The van der Waals surface area contributed by atoms with Crippen molar-refractivity contribution in [2.24, 2.45) is 0 Å². The number of rotatable bonds is 3. The highest BCUT2D eigenvalue weighted by Gasteiger charge is 2.39. The molecule has 0 spiro atoms. The number of carbonyl (C=O) groups is 1. The number of fused-ring (bicyclic) bond motifs is 1. The lowest BCUT2D eigenvalue weighted by Gasteiger charge is -2.34. The van der Waals surface area contributed by atoms with Crippen LogP contribution >= 0.6 is 0 Å². The number of carbonyl (C=O) groups excluding carboxylic acids is 1. The average Bonchev–Trinajstić information content (AvgIpc) is 3.22. The van der Waals surface area contributed by atoms with Gasteiger partial charge in [0.1, 0.15) is 17.7 Å². The molecule has 0 N–H and O–H groups in total. The maximum absolute atomic E-state index is 12.3. The number of likely N-dealkylation sites (N-methyl/N-ethyl adjacent to an activating group) is 1. The first-order valence-corrected chi connectivity index (χ1v) is 8.38. The predicted octanol–water partition coefficient (Wildman–Crippen LogP) is 0.566. The monoisotopic (exact) mass is 305 g/mol. The number of hydrogen-bond donors (Lipinski definition) is 0. The Bertz CT molecular complexity index is 572. The van der Waals surface area contributed by atoms with Gasteiger partial charge in [0.15, 0.2) is 0 Å². The number of aromatic nitrogens is 3. The zero-order valence-electron chi connectivity index (χ0n) is 13.1. The molecule has 120 valence electrons. The lowest BCUT2D eigenvalue weighted by molar-refractivity contribution is -0.160. The van der Waals surface area contributed by atoms with Crippen LogP contribution in [0.1, 0.15) is 43.8 Å². The second-order valence-electron chi connectivity index (χ2n) is 6.41. The fourth-order valence-electron chi connectivity index (χ4n) is 3.95. The van der Waals surface area contributed by atoms with E-state index in [9.17, 15) is 4.79 Å². The van der Waals surface area contributed by atoms with Gasteiger partial charge in [-0.1, -0.05) is 0 Å². The van der Waals surface area contributed by atoms with Crippen molar-refractivity contribution in [1.29, 1.82) is 0 Å². The molecule has 0 aliphatic carbocycles. The SMILES string of the molecule is CCN1OC[C@H](N2CCC[C@@H](c3nnc4n3CCC4)C2)C1=O. The van der Waals surface area contributed by atoms with Gasteiger partial charge in [-0.05, 0) is 32.7 Å². The summed E-state index contributed by atoms with van der Waals surface area (Å²) in [6.45, 7) is 5.94. The fourth-order valence-corrected chi connectivity index (χ4v) is 3.95. The quantitative estimate of drug-likeness (QED) is 0.817. The molecular formula is C15H23N5O2. The first kappa shape index (κ1) is 14.1. The Labute approximate surface area is 130 Å². The summed E-state index contributed by atoms with van der Waals surface area (Å²) in [7, 11) is 0. The lowest BCUT2D eigenvalue weighted by Crippen LogP contribution is -2.47. The maximum Gasteiger partial charge on any atom is 0.265 e. The number of nitrogens with zero attached hydrogens (tertiary/aromatic N) is 5. The number of hydroxylamine groups is 2. The van der Waals surface area contributed by atoms with E-state index < -0.39 is 0 Å². The van der Waals surface area contributed by atoms with Gasteiger partial charge in [-0.3, -0.25) is 14.5 Å². The van der Waals surface area contributed by atoms with Crippen molar-refractivity contribution >= 4 is 5.91 Å². The molecule has 7 heteroatoms. The molecule has 1 amide bonds. The normalized spacial score (nSPS) is 29.3. The van der Waals surface area contributed by atoms with Gasteiger partial charge in [-0.2, -0.15) is 0 Å². The van der Waals surface area contributed by atoms with Crippen LogP contribution in [-0.4, -0.2) is 62.9 Å². The Kier molecular flexibility index (Phi) is 3.62. The van der Waals surface area contributed by atoms with Gasteiger partial charge in [0, 0.05) is 32.0 Å². The van der Waals surface area contributed by atoms with E-state index in [0.717, 1.165) is 50.5 Å². The molecule has 0 aromatic carbocycles. The molecule has 1 aromatic heterocycles. The number of piperidine rings is 1. The van der Waals surface area contributed by atoms with Gasteiger partial charge in [-0.15, -0.1) is 10.2 Å². The third kappa shape index (κ3) is 2.23. The average molecular weight is 305 g/mol. The lowest BCUT2D eigenvalue weighted by atomic mass is 9.95. The van der Waals surface area contributed by atoms with Crippen molar-refractivity contribution in [2.75, 3.05) is 26.2 Å². The molecule has 2 atom stereocenters. The molecule has 0 saturated carbocycles. The van der Waals surface area contributed by atoms with E-state index in [0.29, 0.717) is 19.1 Å². The van der Waals surface area contributed by atoms with Crippen molar-refractivity contribution in [3.63, 3.8) is 0 Å². The van der Waals surface area contributed by atoms with Gasteiger partial charge in [0.25, 0.3) is 5.91 Å². The first-order valence-electron chi connectivity index (χ1n) is 8.38. The van der Waals surface area contributed by atoms with E-state index >= 15 is 0 Å². The number of aryl methyl sites for hydroxylation is 1. The topological polar surface area (TPSA) is 63.5 Å². The minimum Gasteiger partial charge on any atom is -0.315 e. The summed E-state index contributed by atoms with van der Waals surface area (Å²) in [6.07, 6.45) is 4.45. The van der Waals surface area contributed by atoms with Crippen LogP contribution in [0.15, 0.2) is 0 Å². The largest absolute Gasteiger partial charge is 0.315 e. The van der Waals surface area contributed by atoms with Gasteiger partial charge >= 0.3 is 0 Å². The molecule has 3 aliphatic rings. The van der Waals surface area contributed by atoms with Crippen LogP contribution in [0, 0.1) is 0 Å². The Balaban J connectivity index is 1.49. The van der Waals surface area contributed by atoms with E-state index in [1.165, 1.54) is 11.5 Å². The van der Waals surface area contributed by atoms with E-state index in [2.05, 4.69) is 19.7 Å². The molecule has 2 fully saturated rings. The molecule has 22 heavy (non-hydrogen) atoms. The fraction of sp³-hybridized carbons (Fsp3) is 0.800. The predicted molar refractivity (Wildman–Crippen MR) is 79.0 cm³/mol. The number of likely N-dealkylation sites (tertiary alicyclic amines) is 1. The number of hydrogen-bond acceptors (Lipinski definition) is 5. The first-order chi connectivity index (χ1) is 10.8. The Morgan fingerprint density at radius 3 is 3.00 bits per heavy atom. The van der Waals surface area contributed by atoms with Crippen LogP contribution in [0.5, 0.6) is 0 Å². The summed E-state index contributed by atoms with van der Waals surface area (Å²) in [5.74, 6) is 2.74. The van der Waals surface area contributed by atoms with Crippen LogP contribution in [0.2, 0.25) is 0 Å². The summed E-state index contributed by atoms with van der Waals surface area (Å²) in [4.78, 5) is 20.1. The van der Waals surface area contributed by atoms with Crippen LogP contribution < -0.4 is 0 Å². The van der Waals surface area contributed by atoms with Gasteiger partial charge < -0.3 is 4.57 Å². The molecule has 2 saturated heterocycles. The molecule has 3 aliphatic heterocycles. The van der Waals surface area contributed by atoms with Gasteiger partial charge in [-0.25, -0.2) is 5.06 Å². The van der Waals surface area contributed by atoms with E-state index in [-0.39, 0.29) is 11.9 Å². The van der Waals surface area contributed by atoms with Crippen LogP contribution in [-0.2, 0) is 22.6 Å². The zero-order valence-corrected chi connectivity index (χ0v) is 13.1. The standard InChI is InChI=1S/C15H23N5O2/c1-2-20-15(21)12(10-22-20)18-7-3-5-11(9-18)14-17-16-13-6-4-8-19(13)14/h11-12H,2-10H2,1H3/t11-,12+/m1/s1.